The number of hydrogen-bond donors (Lipinski definition) is 2. The average Bonchev–Trinajstić information content (AvgIpc) is 2.29. The number of nitrogens with zero attached hydrogens (tertiary/aromatic N) is 1. The normalized spacial score (nSPS) is 10.4. The van der Waals surface area contributed by atoms with Crippen LogP contribution in [-0.4, -0.2) is 10.1 Å². The lowest BCUT2D eigenvalue weighted by molar-refractivity contribution is 0.464. The van der Waals surface area contributed by atoms with Gasteiger partial charge >= 0.3 is 0 Å². The van der Waals surface area contributed by atoms with Gasteiger partial charge in [-0.25, -0.2) is 0 Å². The van der Waals surface area contributed by atoms with Crippen LogP contribution < -0.4 is 5.32 Å². The van der Waals surface area contributed by atoms with Crippen molar-refractivity contribution in [1.29, 1.82) is 0 Å². The fourth-order valence-electron chi connectivity index (χ4n) is 1.57. The Kier molecular flexibility index (Phi) is 3.94. The number of aromatic hydroxyl groups is 1. The molecule has 2 rings (SSSR count). The molecule has 94 valence electrons. The van der Waals surface area contributed by atoms with E-state index in [1.54, 1.807) is 30.3 Å². The van der Waals surface area contributed by atoms with Gasteiger partial charge in [-0.2, -0.15) is 0 Å². The van der Waals surface area contributed by atoms with Gasteiger partial charge in [-0.1, -0.05) is 23.2 Å². The van der Waals surface area contributed by atoms with Gasteiger partial charge in [-0.3, -0.25) is 4.98 Å². The third kappa shape index (κ3) is 3.28. The highest BCUT2D eigenvalue weighted by Gasteiger charge is 2.04. The smallest absolute Gasteiger partial charge is 0.138 e. The van der Waals surface area contributed by atoms with E-state index in [-0.39, 0.29) is 5.75 Å². The number of anilines is 1. The van der Waals surface area contributed by atoms with Crippen LogP contribution in [0.15, 0.2) is 30.3 Å². The molecule has 2 N–H and O–H groups in total. The molecule has 0 bridgehead atoms. The summed E-state index contributed by atoms with van der Waals surface area (Å²) in [6.07, 6.45) is 0. The van der Waals surface area contributed by atoms with E-state index in [1.807, 2.05) is 6.92 Å². The average molecular weight is 283 g/mol. The van der Waals surface area contributed by atoms with E-state index < -0.39 is 0 Å². The summed E-state index contributed by atoms with van der Waals surface area (Å²) in [5.74, 6) is 0.168. The number of aryl methyl sites for hydroxylation is 1. The Morgan fingerprint density at radius 3 is 2.50 bits per heavy atom. The molecule has 1 aromatic carbocycles. The number of pyridine rings is 1. The van der Waals surface area contributed by atoms with Crippen molar-refractivity contribution in [2.24, 2.45) is 0 Å². The minimum absolute atomic E-state index is 0.168. The number of benzene rings is 1. The number of halogens is 2. The van der Waals surface area contributed by atoms with Gasteiger partial charge in [0.05, 0.1) is 6.54 Å². The number of rotatable bonds is 3. The molecule has 0 atom stereocenters. The number of aromatic nitrogens is 1. The van der Waals surface area contributed by atoms with Crippen molar-refractivity contribution in [3.05, 3.63) is 51.8 Å². The first-order valence-electron chi connectivity index (χ1n) is 5.40. The fourth-order valence-corrected chi connectivity index (χ4v) is 2.10. The number of hydrogen-bond acceptors (Lipinski definition) is 3. The monoisotopic (exact) mass is 282 g/mol. The quantitative estimate of drug-likeness (QED) is 0.894. The Morgan fingerprint density at radius 1 is 1.17 bits per heavy atom. The van der Waals surface area contributed by atoms with E-state index in [4.69, 9.17) is 23.2 Å². The lowest BCUT2D eigenvalue weighted by Gasteiger charge is -2.09. The first-order valence-corrected chi connectivity index (χ1v) is 6.15. The van der Waals surface area contributed by atoms with E-state index in [0.29, 0.717) is 22.3 Å². The molecule has 3 nitrogen and oxygen atoms in total. The molecule has 0 radical (unpaired) electrons. The van der Waals surface area contributed by atoms with Crippen molar-refractivity contribution in [3.63, 3.8) is 0 Å². The maximum absolute atomic E-state index is 9.67. The van der Waals surface area contributed by atoms with Gasteiger partial charge in [0, 0.05) is 21.4 Å². The summed E-state index contributed by atoms with van der Waals surface area (Å²) < 4.78 is 0. The van der Waals surface area contributed by atoms with Crippen LogP contribution in [0.4, 0.5) is 5.69 Å². The molecule has 2 aromatic rings. The van der Waals surface area contributed by atoms with Crippen molar-refractivity contribution in [2.75, 3.05) is 5.32 Å². The Labute approximate surface area is 115 Å². The molecule has 0 saturated heterocycles. The zero-order valence-corrected chi connectivity index (χ0v) is 11.3. The van der Waals surface area contributed by atoms with Crippen molar-refractivity contribution in [3.8, 4) is 5.75 Å². The van der Waals surface area contributed by atoms with Crippen LogP contribution in [0.5, 0.6) is 5.75 Å². The topological polar surface area (TPSA) is 45.1 Å². The van der Waals surface area contributed by atoms with Crippen LogP contribution in [0.25, 0.3) is 0 Å². The second kappa shape index (κ2) is 5.46. The Hall–Kier alpha value is -1.45. The highest BCUT2D eigenvalue weighted by Crippen LogP contribution is 2.23. The van der Waals surface area contributed by atoms with Gasteiger partial charge in [0.1, 0.15) is 11.4 Å². The zero-order valence-electron chi connectivity index (χ0n) is 9.74. The van der Waals surface area contributed by atoms with Crippen LogP contribution in [0.3, 0.4) is 0 Å². The Bertz CT molecular complexity index is 553. The summed E-state index contributed by atoms with van der Waals surface area (Å²) in [6, 6.07) is 8.58. The first kappa shape index (κ1) is 13.0. The van der Waals surface area contributed by atoms with Gasteiger partial charge in [-0.05, 0) is 37.3 Å². The molecular formula is C13H12Cl2N2O. The highest BCUT2D eigenvalue weighted by atomic mass is 35.5. The molecule has 0 amide bonds. The summed E-state index contributed by atoms with van der Waals surface area (Å²) in [5, 5.41) is 13.9. The number of nitrogens with one attached hydrogen (secondary N) is 1. The molecule has 1 heterocycles. The van der Waals surface area contributed by atoms with Crippen molar-refractivity contribution < 1.29 is 5.11 Å². The van der Waals surface area contributed by atoms with Gasteiger partial charge in [-0.15, -0.1) is 0 Å². The summed E-state index contributed by atoms with van der Waals surface area (Å²) in [7, 11) is 0. The lowest BCUT2D eigenvalue weighted by atomic mass is 10.2. The molecule has 0 saturated carbocycles. The SMILES string of the molecule is Cc1ccc(O)c(CNc2cc(Cl)cc(Cl)c2)n1. The van der Waals surface area contributed by atoms with Crippen LogP contribution in [0.2, 0.25) is 10.0 Å². The summed E-state index contributed by atoms with van der Waals surface area (Å²) >= 11 is 11.8. The third-order valence-corrected chi connectivity index (χ3v) is 2.85. The van der Waals surface area contributed by atoms with Gasteiger partial charge in [0.15, 0.2) is 0 Å². The van der Waals surface area contributed by atoms with Gasteiger partial charge in [0.25, 0.3) is 0 Å². The molecule has 0 aliphatic carbocycles. The minimum atomic E-state index is 0.168. The standard InChI is InChI=1S/C13H12Cl2N2O/c1-8-2-3-13(18)12(17-8)7-16-11-5-9(14)4-10(15)6-11/h2-6,16,18H,7H2,1H3. The predicted octanol–water partition coefficient (Wildman–Crippen LogP) is 4.01. The van der Waals surface area contributed by atoms with Crippen molar-refractivity contribution in [2.45, 2.75) is 13.5 Å². The third-order valence-electron chi connectivity index (χ3n) is 2.41. The molecule has 0 spiro atoms. The van der Waals surface area contributed by atoms with E-state index in [1.165, 1.54) is 0 Å². The van der Waals surface area contributed by atoms with E-state index in [0.717, 1.165) is 11.4 Å². The second-order valence-corrected chi connectivity index (χ2v) is 4.80. The van der Waals surface area contributed by atoms with E-state index in [2.05, 4.69) is 10.3 Å². The molecule has 1 aromatic heterocycles. The van der Waals surface area contributed by atoms with Crippen LogP contribution >= 0.6 is 23.2 Å². The second-order valence-electron chi connectivity index (χ2n) is 3.93. The zero-order chi connectivity index (χ0) is 13.1. The largest absolute Gasteiger partial charge is 0.506 e. The van der Waals surface area contributed by atoms with E-state index >= 15 is 0 Å². The maximum Gasteiger partial charge on any atom is 0.138 e. The minimum Gasteiger partial charge on any atom is -0.506 e. The van der Waals surface area contributed by atoms with Crippen molar-refractivity contribution >= 4 is 28.9 Å². The molecule has 5 heteroatoms. The molecule has 0 aliphatic heterocycles. The van der Waals surface area contributed by atoms with Gasteiger partial charge < -0.3 is 10.4 Å². The Balaban J connectivity index is 2.13. The molecule has 0 unspecified atom stereocenters. The highest BCUT2D eigenvalue weighted by molar-refractivity contribution is 6.35. The van der Waals surface area contributed by atoms with Crippen LogP contribution in [0.1, 0.15) is 11.4 Å². The first-order chi connectivity index (χ1) is 8.54. The van der Waals surface area contributed by atoms with Crippen LogP contribution in [-0.2, 0) is 6.54 Å². The predicted molar refractivity (Wildman–Crippen MR) is 74.4 cm³/mol. The van der Waals surface area contributed by atoms with Crippen molar-refractivity contribution in [1.82, 2.24) is 4.98 Å². The summed E-state index contributed by atoms with van der Waals surface area (Å²) in [6.45, 7) is 2.28. The maximum atomic E-state index is 9.67. The van der Waals surface area contributed by atoms with E-state index in [9.17, 15) is 5.11 Å². The fraction of sp³-hybridized carbons (Fsp3) is 0.154. The van der Waals surface area contributed by atoms with Crippen LogP contribution in [0, 0.1) is 6.92 Å². The molecule has 0 fully saturated rings. The summed E-state index contributed by atoms with van der Waals surface area (Å²) in [4.78, 5) is 4.25. The lowest BCUT2D eigenvalue weighted by Crippen LogP contribution is -2.02. The summed E-state index contributed by atoms with van der Waals surface area (Å²) in [5.41, 5.74) is 2.23. The van der Waals surface area contributed by atoms with Gasteiger partial charge in [0.2, 0.25) is 0 Å². The molecular weight excluding hydrogens is 271 g/mol. The Morgan fingerprint density at radius 2 is 1.83 bits per heavy atom. The molecule has 18 heavy (non-hydrogen) atoms. The molecule has 0 aliphatic rings.